The maximum Gasteiger partial charge on any atom is 0.138 e. The van der Waals surface area contributed by atoms with E-state index in [0.717, 1.165) is 30.3 Å². The average Bonchev–Trinajstić information content (AvgIpc) is 2.40. The van der Waals surface area contributed by atoms with Crippen LogP contribution < -0.4 is 4.90 Å². The minimum atomic E-state index is 0.492. The fourth-order valence-corrected chi connectivity index (χ4v) is 2.03. The molecule has 94 valence electrons. The molecular formula is C14H16ClN3. The molecule has 2 aromatic rings. The molecule has 18 heavy (non-hydrogen) atoms. The van der Waals surface area contributed by atoms with Crippen molar-refractivity contribution in [1.29, 1.82) is 0 Å². The summed E-state index contributed by atoms with van der Waals surface area (Å²) in [6.07, 6.45) is 0.778. The molecule has 0 spiro atoms. The number of hydrogen-bond acceptors (Lipinski definition) is 3. The third kappa shape index (κ3) is 2.79. The van der Waals surface area contributed by atoms with Gasteiger partial charge in [-0.15, -0.1) is 0 Å². The molecule has 1 aromatic carbocycles. The SMILES string of the molecule is CCc1nc(Cl)cc(N(CC)c2ccccc2)n1. The summed E-state index contributed by atoms with van der Waals surface area (Å²) in [7, 11) is 0. The van der Waals surface area contributed by atoms with Crippen LogP contribution in [0.25, 0.3) is 0 Å². The predicted octanol–water partition coefficient (Wildman–Crippen LogP) is 3.85. The number of nitrogens with zero attached hydrogens (tertiary/aromatic N) is 3. The molecule has 0 radical (unpaired) electrons. The molecule has 0 aliphatic rings. The van der Waals surface area contributed by atoms with Gasteiger partial charge in [0.05, 0.1) is 0 Å². The van der Waals surface area contributed by atoms with Crippen LogP contribution in [0.2, 0.25) is 5.15 Å². The van der Waals surface area contributed by atoms with E-state index in [0.29, 0.717) is 5.15 Å². The Morgan fingerprint density at radius 2 is 1.83 bits per heavy atom. The van der Waals surface area contributed by atoms with Gasteiger partial charge in [-0.25, -0.2) is 9.97 Å². The second-order valence-corrected chi connectivity index (χ2v) is 4.29. The molecule has 0 amide bonds. The quantitative estimate of drug-likeness (QED) is 0.783. The molecule has 0 saturated carbocycles. The van der Waals surface area contributed by atoms with Crippen molar-refractivity contribution in [3.63, 3.8) is 0 Å². The van der Waals surface area contributed by atoms with Crippen LogP contribution in [0.4, 0.5) is 11.5 Å². The molecule has 0 saturated heterocycles. The van der Waals surface area contributed by atoms with Gasteiger partial charge < -0.3 is 4.90 Å². The number of para-hydroxylation sites is 1. The van der Waals surface area contributed by atoms with E-state index >= 15 is 0 Å². The van der Waals surface area contributed by atoms with Crippen molar-refractivity contribution in [3.8, 4) is 0 Å². The first-order valence-electron chi connectivity index (χ1n) is 6.10. The molecule has 4 heteroatoms. The van der Waals surface area contributed by atoms with Crippen LogP contribution in [0, 0.1) is 0 Å². The van der Waals surface area contributed by atoms with E-state index in [1.165, 1.54) is 0 Å². The molecule has 0 unspecified atom stereocenters. The van der Waals surface area contributed by atoms with Crippen molar-refractivity contribution < 1.29 is 0 Å². The maximum atomic E-state index is 6.04. The zero-order chi connectivity index (χ0) is 13.0. The second-order valence-electron chi connectivity index (χ2n) is 3.90. The smallest absolute Gasteiger partial charge is 0.138 e. The lowest BCUT2D eigenvalue weighted by Gasteiger charge is -2.22. The van der Waals surface area contributed by atoms with Crippen molar-refractivity contribution in [2.45, 2.75) is 20.3 Å². The normalized spacial score (nSPS) is 10.4. The zero-order valence-corrected chi connectivity index (χ0v) is 11.4. The van der Waals surface area contributed by atoms with Gasteiger partial charge in [-0.05, 0) is 19.1 Å². The fourth-order valence-electron chi connectivity index (χ4n) is 1.83. The van der Waals surface area contributed by atoms with Gasteiger partial charge in [0.1, 0.15) is 16.8 Å². The van der Waals surface area contributed by atoms with Crippen LogP contribution in [0.5, 0.6) is 0 Å². The molecular weight excluding hydrogens is 246 g/mol. The highest BCUT2D eigenvalue weighted by atomic mass is 35.5. The first-order valence-corrected chi connectivity index (χ1v) is 6.48. The van der Waals surface area contributed by atoms with Gasteiger partial charge in [0, 0.05) is 24.7 Å². The lowest BCUT2D eigenvalue weighted by molar-refractivity contribution is 0.903. The summed E-state index contributed by atoms with van der Waals surface area (Å²) in [6, 6.07) is 12.0. The lowest BCUT2D eigenvalue weighted by Crippen LogP contribution is -2.18. The molecule has 0 atom stereocenters. The molecule has 1 aromatic heterocycles. The Labute approximate surface area is 112 Å². The zero-order valence-electron chi connectivity index (χ0n) is 10.6. The average molecular weight is 262 g/mol. The fraction of sp³-hybridized carbons (Fsp3) is 0.286. The van der Waals surface area contributed by atoms with Crippen LogP contribution in [-0.2, 0) is 6.42 Å². The summed E-state index contributed by atoms with van der Waals surface area (Å²) in [4.78, 5) is 10.8. The van der Waals surface area contributed by atoms with Gasteiger partial charge in [-0.3, -0.25) is 0 Å². The summed E-state index contributed by atoms with van der Waals surface area (Å²) >= 11 is 6.04. The number of hydrogen-bond donors (Lipinski definition) is 0. The van der Waals surface area contributed by atoms with Gasteiger partial charge in [-0.2, -0.15) is 0 Å². The van der Waals surface area contributed by atoms with Crippen molar-refractivity contribution in [1.82, 2.24) is 9.97 Å². The van der Waals surface area contributed by atoms with Crippen LogP contribution in [0.1, 0.15) is 19.7 Å². The van der Waals surface area contributed by atoms with Crippen molar-refractivity contribution in [2.24, 2.45) is 0 Å². The minimum Gasteiger partial charge on any atom is -0.327 e. The molecule has 2 rings (SSSR count). The van der Waals surface area contributed by atoms with Crippen molar-refractivity contribution in [2.75, 3.05) is 11.4 Å². The third-order valence-corrected chi connectivity index (χ3v) is 2.90. The minimum absolute atomic E-state index is 0.492. The first-order chi connectivity index (χ1) is 8.74. The van der Waals surface area contributed by atoms with Gasteiger partial charge in [0.15, 0.2) is 0 Å². The first kappa shape index (κ1) is 12.8. The molecule has 0 aliphatic heterocycles. The highest BCUT2D eigenvalue weighted by Gasteiger charge is 2.10. The Kier molecular flexibility index (Phi) is 4.15. The summed E-state index contributed by atoms with van der Waals surface area (Å²) in [5, 5.41) is 0.492. The Morgan fingerprint density at radius 3 is 2.44 bits per heavy atom. The van der Waals surface area contributed by atoms with E-state index in [1.54, 1.807) is 6.07 Å². The maximum absolute atomic E-state index is 6.04. The summed E-state index contributed by atoms with van der Waals surface area (Å²) < 4.78 is 0. The van der Waals surface area contributed by atoms with Crippen LogP contribution in [-0.4, -0.2) is 16.5 Å². The van der Waals surface area contributed by atoms with E-state index in [2.05, 4.69) is 33.9 Å². The van der Waals surface area contributed by atoms with Gasteiger partial charge in [0.2, 0.25) is 0 Å². The highest BCUT2D eigenvalue weighted by Crippen LogP contribution is 2.24. The van der Waals surface area contributed by atoms with Crippen LogP contribution >= 0.6 is 11.6 Å². The second kappa shape index (κ2) is 5.83. The van der Waals surface area contributed by atoms with Crippen molar-refractivity contribution in [3.05, 3.63) is 47.4 Å². The number of anilines is 2. The van der Waals surface area contributed by atoms with Gasteiger partial charge >= 0.3 is 0 Å². The Hall–Kier alpha value is -1.61. The molecule has 0 fully saturated rings. The number of halogens is 1. The summed E-state index contributed by atoms with van der Waals surface area (Å²) in [5.41, 5.74) is 1.11. The van der Waals surface area contributed by atoms with E-state index in [4.69, 9.17) is 11.6 Å². The number of aryl methyl sites for hydroxylation is 1. The van der Waals surface area contributed by atoms with E-state index in [-0.39, 0.29) is 0 Å². The largest absolute Gasteiger partial charge is 0.327 e. The number of aromatic nitrogens is 2. The molecule has 0 N–H and O–H groups in total. The van der Waals surface area contributed by atoms with E-state index in [9.17, 15) is 0 Å². The summed E-state index contributed by atoms with van der Waals surface area (Å²) in [6.45, 7) is 4.95. The van der Waals surface area contributed by atoms with Crippen LogP contribution in [0.15, 0.2) is 36.4 Å². The molecule has 1 heterocycles. The highest BCUT2D eigenvalue weighted by molar-refractivity contribution is 6.29. The Bertz CT molecular complexity index is 514. The van der Waals surface area contributed by atoms with Crippen molar-refractivity contribution >= 4 is 23.1 Å². The predicted molar refractivity (Wildman–Crippen MR) is 75.5 cm³/mol. The number of rotatable bonds is 4. The Balaban J connectivity index is 2.42. The molecule has 0 bridgehead atoms. The van der Waals surface area contributed by atoms with Gasteiger partial charge in [-0.1, -0.05) is 36.7 Å². The monoisotopic (exact) mass is 261 g/mol. The topological polar surface area (TPSA) is 29.0 Å². The van der Waals surface area contributed by atoms with E-state index in [1.807, 2.05) is 25.1 Å². The number of benzene rings is 1. The van der Waals surface area contributed by atoms with Crippen LogP contribution in [0.3, 0.4) is 0 Å². The molecule has 3 nitrogen and oxygen atoms in total. The Morgan fingerprint density at radius 1 is 1.11 bits per heavy atom. The van der Waals surface area contributed by atoms with E-state index < -0.39 is 0 Å². The molecule has 0 aliphatic carbocycles. The lowest BCUT2D eigenvalue weighted by atomic mass is 10.3. The third-order valence-electron chi connectivity index (χ3n) is 2.70. The van der Waals surface area contributed by atoms with Gasteiger partial charge in [0.25, 0.3) is 0 Å². The summed E-state index contributed by atoms with van der Waals surface area (Å²) in [5.74, 6) is 1.62. The standard InChI is InChI=1S/C14H16ClN3/c1-3-13-16-12(15)10-14(17-13)18(4-2)11-8-6-5-7-9-11/h5-10H,3-4H2,1-2H3.